The molecule has 0 spiro atoms. The van der Waals surface area contributed by atoms with Crippen LogP contribution in [0.5, 0.6) is 0 Å². The summed E-state index contributed by atoms with van der Waals surface area (Å²) < 4.78 is 22.5. The van der Waals surface area contributed by atoms with E-state index in [1.165, 1.54) is 0 Å². The number of hydrogen-bond acceptors (Lipinski definition) is 4. The summed E-state index contributed by atoms with van der Waals surface area (Å²) in [5, 5.41) is 3.15. The maximum atomic E-state index is 11.6. The summed E-state index contributed by atoms with van der Waals surface area (Å²) >= 11 is 0. The molecule has 14 heavy (non-hydrogen) atoms. The average molecular weight is 217 g/mol. The minimum atomic E-state index is -2.85. The zero-order chi connectivity index (χ0) is 10.2. The first-order valence-electron chi connectivity index (χ1n) is 5.02. The summed E-state index contributed by atoms with van der Waals surface area (Å²) in [4.78, 5) is 11.6. The second kappa shape index (κ2) is 3.62. The Morgan fingerprint density at radius 1 is 1.36 bits per heavy atom. The third-order valence-electron chi connectivity index (χ3n) is 3.16. The number of piperidine rings is 1. The van der Waals surface area contributed by atoms with Gasteiger partial charge in [-0.3, -0.25) is 4.79 Å². The van der Waals surface area contributed by atoms with Crippen LogP contribution in [0.2, 0.25) is 0 Å². The summed E-state index contributed by atoms with van der Waals surface area (Å²) in [6.45, 7) is 1.41. The van der Waals surface area contributed by atoms with Gasteiger partial charge < -0.3 is 5.32 Å². The molecular formula is C9H15NO3S. The fourth-order valence-electron chi connectivity index (χ4n) is 2.34. The molecule has 2 aliphatic heterocycles. The summed E-state index contributed by atoms with van der Waals surface area (Å²) in [6, 6.07) is 0. The number of sulfone groups is 1. The Labute approximate surface area is 84.0 Å². The van der Waals surface area contributed by atoms with Gasteiger partial charge in [-0.25, -0.2) is 8.42 Å². The number of carbonyl (C=O) groups is 1. The van der Waals surface area contributed by atoms with Gasteiger partial charge in [0, 0.05) is 25.4 Å². The standard InChI is InChI=1S/C9H15NO3S/c11-9-1-3-10-5-8(9)7-2-4-14(12,13)6-7/h7-8,10H,1-6H2. The first-order valence-corrected chi connectivity index (χ1v) is 6.84. The van der Waals surface area contributed by atoms with Crippen molar-refractivity contribution in [3.8, 4) is 0 Å². The molecule has 80 valence electrons. The van der Waals surface area contributed by atoms with E-state index in [9.17, 15) is 13.2 Å². The highest BCUT2D eigenvalue weighted by Gasteiger charge is 2.37. The highest BCUT2D eigenvalue weighted by atomic mass is 32.2. The largest absolute Gasteiger partial charge is 0.316 e. The van der Waals surface area contributed by atoms with Crippen molar-refractivity contribution in [2.24, 2.45) is 11.8 Å². The summed E-state index contributed by atoms with van der Waals surface area (Å²) in [5.74, 6) is 0.735. The second-order valence-corrected chi connectivity index (χ2v) is 6.42. The van der Waals surface area contributed by atoms with Gasteiger partial charge >= 0.3 is 0 Å². The minimum Gasteiger partial charge on any atom is -0.316 e. The lowest BCUT2D eigenvalue weighted by Gasteiger charge is -2.25. The van der Waals surface area contributed by atoms with Crippen LogP contribution in [0.25, 0.3) is 0 Å². The molecule has 0 amide bonds. The Hall–Kier alpha value is -0.420. The molecule has 0 aliphatic carbocycles. The van der Waals surface area contributed by atoms with Crippen LogP contribution in [0.15, 0.2) is 0 Å². The number of nitrogens with one attached hydrogen (secondary N) is 1. The van der Waals surface area contributed by atoms with Gasteiger partial charge in [0.1, 0.15) is 5.78 Å². The molecule has 0 aromatic rings. The van der Waals surface area contributed by atoms with E-state index in [1.54, 1.807) is 0 Å². The quantitative estimate of drug-likeness (QED) is 0.649. The van der Waals surface area contributed by atoms with Gasteiger partial charge in [-0.15, -0.1) is 0 Å². The van der Waals surface area contributed by atoms with E-state index in [2.05, 4.69) is 5.32 Å². The summed E-state index contributed by atoms with van der Waals surface area (Å²) in [7, 11) is -2.85. The van der Waals surface area contributed by atoms with Crippen LogP contribution >= 0.6 is 0 Å². The van der Waals surface area contributed by atoms with Gasteiger partial charge in [-0.1, -0.05) is 0 Å². The lowest BCUT2D eigenvalue weighted by Crippen LogP contribution is -2.41. The topological polar surface area (TPSA) is 63.2 Å². The Kier molecular flexibility index (Phi) is 2.62. The van der Waals surface area contributed by atoms with Gasteiger partial charge in [-0.2, -0.15) is 0 Å². The zero-order valence-corrected chi connectivity index (χ0v) is 8.85. The molecule has 0 radical (unpaired) electrons. The zero-order valence-electron chi connectivity index (χ0n) is 8.03. The van der Waals surface area contributed by atoms with Crippen molar-refractivity contribution in [2.75, 3.05) is 24.6 Å². The minimum absolute atomic E-state index is 0.0546. The second-order valence-electron chi connectivity index (χ2n) is 4.19. The Bertz CT molecular complexity index is 336. The number of hydrogen-bond donors (Lipinski definition) is 1. The third kappa shape index (κ3) is 1.98. The van der Waals surface area contributed by atoms with Gasteiger partial charge in [0.25, 0.3) is 0 Å². The molecule has 2 saturated heterocycles. The summed E-state index contributed by atoms with van der Waals surface area (Å²) in [5.41, 5.74) is 0. The predicted octanol–water partition coefficient (Wildman–Crippen LogP) is -0.400. The molecule has 2 unspecified atom stereocenters. The molecule has 2 rings (SSSR count). The Morgan fingerprint density at radius 3 is 2.71 bits per heavy atom. The van der Waals surface area contributed by atoms with Gasteiger partial charge in [-0.05, 0) is 12.3 Å². The molecule has 0 aromatic carbocycles. The molecule has 1 N–H and O–H groups in total. The lowest BCUT2D eigenvalue weighted by atomic mass is 9.85. The molecule has 2 aliphatic rings. The van der Waals surface area contributed by atoms with E-state index < -0.39 is 9.84 Å². The van der Waals surface area contributed by atoms with Gasteiger partial charge in [0.05, 0.1) is 11.5 Å². The number of rotatable bonds is 1. The Balaban J connectivity index is 2.05. The molecule has 0 bridgehead atoms. The number of Topliss-reactive ketones (excluding diaryl/α,β-unsaturated/α-hetero) is 1. The maximum absolute atomic E-state index is 11.6. The van der Waals surface area contributed by atoms with Gasteiger partial charge in [0.15, 0.2) is 9.84 Å². The van der Waals surface area contributed by atoms with Crippen LogP contribution in [-0.4, -0.2) is 38.8 Å². The van der Waals surface area contributed by atoms with Crippen LogP contribution in [0.4, 0.5) is 0 Å². The van der Waals surface area contributed by atoms with E-state index in [4.69, 9.17) is 0 Å². The molecule has 0 saturated carbocycles. The highest BCUT2D eigenvalue weighted by molar-refractivity contribution is 7.91. The molecule has 5 heteroatoms. The number of ketones is 1. The van der Waals surface area contributed by atoms with E-state index in [0.29, 0.717) is 19.4 Å². The van der Waals surface area contributed by atoms with Crippen molar-refractivity contribution in [3.63, 3.8) is 0 Å². The first kappa shape index (κ1) is 10.1. The fraction of sp³-hybridized carbons (Fsp3) is 0.889. The van der Waals surface area contributed by atoms with Crippen LogP contribution in [0.1, 0.15) is 12.8 Å². The van der Waals surface area contributed by atoms with Crippen molar-refractivity contribution in [2.45, 2.75) is 12.8 Å². The monoisotopic (exact) mass is 217 g/mol. The van der Waals surface area contributed by atoms with Crippen molar-refractivity contribution < 1.29 is 13.2 Å². The maximum Gasteiger partial charge on any atom is 0.150 e. The highest BCUT2D eigenvalue weighted by Crippen LogP contribution is 2.28. The van der Waals surface area contributed by atoms with E-state index >= 15 is 0 Å². The van der Waals surface area contributed by atoms with Crippen molar-refractivity contribution in [1.82, 2.24) is 5.32 Å². The van der Waals surface area contributed by atoms with E-state index in [-0.39, 0.29) is 29.1 Å². The molecule has 2 atom stereocenters. The molecule has 2 fully saturated rings. The first-order chi connectivity index (χ1) is 6.58. The third-order valence-corrected chi connectivity index (χ3v) is 4.96. The smallest absolute Gasteiger partial charge is 0.150 e. The number of carbonyl (C=O) groups excluding carboxylic acids is 1. The normalized spacial score (nSPS) is 37.3. The van der Waals surface area contributed by atoms with E-state index in [0.717, 1.165) is 6.54 Å². The molecule has 0 aromatic heterocycles. The fourth-order valence-corrected chi connectivity index (χ4v) is 4.22. The molecule has 4 nitrogen and oxygen atoms in total. The van der Waals surface area contributed by atoms with E-state index in [1.807, 2.05) is 0 Å². The molecular weight excluding hydrogens is 202 g/mol. The van der Waals surface area contributed by atoms with Crippen LogP contribution in [0.3, 0.4) is 0 Å². The van der Waals surface area contributed by atoms with Crippen LogP contribution < -0.4 is 5.32 Å². The van der Waals surface area contributed by atoms with Crippen molar-refractivity contribution in [3.05, 3.63) is 0 Å². The lowest BCUT2D eigenvalue weighted by molar-refractivity contribution is -0.125. The van der Waals surface area contributed by atoms with Crippen molar-refractivity contribution >= 4 is 15.6 Å². The predicted molar refractivity (Wildman–Crippen MR) is 52.7 cm³/mol. The van der Waals surface area contributed by atoms with Crippen LogP contribution in [-0.2, 0) is 14.6 Å². The average Bonchev–Trinajstić information content (AvgIpc) is 2.47. The van der Waals surface area contributed by atoms with Gasteiger partial charge in [0.2, 0.25) is 0 Å². The molecule has 2 heterocycles. The Morgan fingerprint density at radius 2 is 2.14 bits per heavy atom. The summed E-state index contributed by atoms with van der Waals surface area (Å²) in [6.07, 6.45) is 1.22. The van der Waals surface area contributed by atoms with Crippen molar-refractivity contribution in [1.29, 1.82) is 0 Å². The van der Waals surface area contributed by atoms with Crippen LogP contribution in [0, 0.1) is 11.8 Å². The SMILES string of the molecule is O=C1CCNCC1C1CCS(=O)(=O)C1.